The van der Waals surface area contributed by atoms with Crippen LogP contribution in [0.15, 0.2) is 42.5 Å². The number of benzene rings is 2. The lowest BCUT2D eigenvalue weighted by atomic mass is 10.1. The minimum absolute atomic E-state index is 0.0156. The number of rotatable bonds is 7. The highest BCUT2D eigenvalue weighted by Crippen LogP contribution is 2.24. The van der Waals surface area contributed by atoms with Gasteiger partial charge in [0.15, 0.2) is 0 Å². The van der Waals surface area contributed by atoms with Crippen LogP contribution in [-0.2, 0) is 9.47 Å². The molecule has 9 heteroatoms. The normalized spacial score (nSPS) is 16.3. The first-order chi connectivity index (χ1) is 14.9. The SMILES string of the molecule is COCCN(CC1CN(C(=O)c2ccc(Cl)c(Cl)c2)CCO1)C(=O)c1ccccc1F. The predicted molar refractivity (Wildman–Crippen MR) is 116 cm³/mol. The molecule has 0 N–H and O–H groups in total. The standard InChI is InChI=1S/C22H23Cl2FN2O4/c1-30-10-8-27(22(29)17-4-2-3-5-20(17)25)14-16-13-26(9-11-31-16)21(28)15-6-7-18(23)19(24)12-15/h2-7,12,16H,8-11,13-14H2,1H3. The van der Waals surface area contributed by atoms with E-state index >= 15 is 0 Å². The Hall–Kier alpha value is -2.19. The molecule has 0 radical (unpaired) electrons. The number of amides is 2. The van der Waals surface area contributed by atoms with E-state index in [1.165, 1.54) is 36.3 Å². The molecule has 0 spiro atoms. The van der Waals surface area contributed by atoms with Gasteiger partial charge in [-0.15, -0.1) is 0 Å². The zero-order valence-corrected chi connectivity index (χ0v) is 18.5. The van der Waals surface area contributed by atoms with Crippen molar-refractivity contribution < 1.29 is 23.5 Å². The molecule has 2 aromatic rings. The van der Waals surface area contributed by atoms with Crippen molar-refractivity contribution in [3.63, 3.8) is 0 Å². The number of halogens is 3. The number of carbonyl (C=O) groups excluding carboxylic acids is 2. The maximum atomic E-state index is 14.1. The van der Waals surface area contributed by atoms with Gasteiger partial charge in [-0.2, -0.15) is 0 Å². The minimum atomic E-state index is -0.587. The molecule has 1 aliphatic heterocycles. The second-order valence-corrected chi connectivity index (χ2v) is 7.91. The molecule has 0 aliphatic carbocycles. The van der Waals surface area contributed by atoms with Gasteiger partial charge in [-0.05, 0) is 30.3 Å². The van der Waals surface area contributed by atoms with Crippen molar-refractivity contribution >= 4 is 35.0 Å². The second kappa shape index (κ2) is 10.9. The first-order valence-electron chi connectivity index (χ1n) is 9.79. The topological polar surface area (TPSA) is 59.1 Å². The quantitative estimate of drug-likeness (QED) is 0.620. The molecule has 1 heterocycles. The van der Waals surface area contributed by atoms with Crippen LogP contribution in [0.5, 0.6) is 0 Å². The molecule has 0 bridgehead atoms. The summed E-state index contributed by atoms with van der Waals surface area (Å²) in [5.74, 6) is -1.24. The summed E-state index contributed by atoms with van der Waals surface area (Å²) in [4.78, 5) is 28.9. The van der Waals surface area contributed by atoms with Crippen LogP contribution < -0.4 is 0 Å². The first kappa shape index (κ1) is 23.5. The monoisotopic (exact) mass is 468 g/mol. The fourth-order valence-corrected chi connectivity index (χ4v) is 3.65. The summed E-state index contributed by atoms with van der Waals surface area (Å²) in [7, 11) is 1.53. The van der Waals surface area contributed by atoms with Gasteiger partial charge >= 0.3 is 0 Å². The Morgan fingerprint density at radius 2 is 2.00 bits per heavy atom. The van der Waals surface area contributed by atoms with E-state index in [0.29, 0.717) is 35.4 Å². The van der Waals surface area contributed by atoms with Gasteiger partial charge in [0, 0.05) is 38.9 Å². The largest absolute Gasteiger partial charge is 0.383 e. The number of morpholine rings is 1. The Morgan fingerprint density at radius 1 is 1.23 bits per heavy atom. The van der Waals surface area contributed by atoms with E-state index in [2.05, 4.69) is 0 Å². The number of nitrogens with zero attached hydrogens (tertiary/aromatic N) is 2. The third-order valence-corrected chi connectivity index (χ3v) is 5.71. The molecule has 6 nitrogen and oxygen atoms in total. The van der Waals surface area contributed by atoms with Crippen LogP contribution in [0.3, 0.4) is 0 Å². The Bertz CT molecular complexity index is 943. The summed E-state index contributed by atoms with van der Waals surface area (Å²) < 4.78 is 25.0. The van der Waals surface area contributed by atoms with Gasteiger partial charge in [0.2, 0.25) is 0 Å². The molecule has 1 fully saturated rings. The number of hydrogen-bond acceptors (Lipinski definition) is 4. The maximum absolute atomic E-state index is 14.1. The lowest BCUT2D eigenvalue weighted by Crippen LogP contribution is -2.51. The number of ether oxygens (including phenoxy) is 2. The van der Waals surface area contributed by atoms with Gasteiger partial charge in [0.1, 0.15) is 5.82 Å². The number of hydrogen-bond donors (Lipinski definition) is 0. The van der Waals surface area contributed by atoms with E-state index < -0.39 is 17.8 Å². The van der Waals surface area contributed by atoms with E-state index in [9.17, 15) is 14.0 Å². The minimum Gasteiger partial charge on any atom is -0.383 e. The second-order valence-electron chi connectivity index (χ2n) is 7.10. The molecule has 1 saturated heterocycles. The van der Waals surface area contributed by atoms with Crippen LogP contribution in [0, 0.1) is 5.82 Å². The smallest absolute Gasteiger partial charge is 0.256 e. The van der Waals surface area contributed by atoms with E-state index in [-0.39, 0.29) is 31.1 Å². The van der Waals surface area contributed by atoms with Gasteiger partial charge in [0.05, 0.1) is 34.9 Å². The lowest BCUT2D eigenvalue weighted by Gasteiger charge is -2.36. The third kappa shape index (κ3) is 5.95. The summed E-state index contributed by atoms with van der Waals surface area (Å²) in [6.07, 6.45) is -0.423. The molecule has 1 aliphatic rings. The highest BCUT2D eigenvalue weighted by atomic mass is 35.5. The molecule has 166 valence electrons. The predicted octanol–water partition coefficient (Wildman–Crippen LogP) is 3.76. The van der Waals surface area contributed by atoms with Gasteiger partial charge < -0.3 is 19.3 Å². The highest BCUT2D eigenvalue weighted by molar-refractivity contribution is 6.42. The van der Waals surface area contributed by atoms with Crippen molar-refractivity contribution in [1.82, 2.24) is 9.80 Å². The molecular weight excluding hydrogens is 446 g/mol. The fraction of sp³-hybridized carbons (Fsp3) is 0.364. The van der Waals surface area contributed by atoms with Crippen LogP contribution >= 0.6 is 23.2 Å². The van der Waals surface area contributed by atoms with Crippen molar-refractivity contribution in [3.8, 4) is 0 Å². The van der Waals surface area contributed by atoms with Crippen LogP contribution in [0.25, 0.3) is 0 Å². The summed E-state index contributed by atoms with van der Waals surface area (Å²) >= 11 is 12.0. The fourth-order valence-electron chi connectivity index (χ4n) is 3.35. The van der Waals surface area contributed by atoms with E-state index in [0.717, 1.165) is 0 Å². The summed E-state index contributed by atoms with van der Waals surface area (Å²) in [6.45, 7) is 1.77. The van der Waals surface area contributed by atoms with Crippen molar-refractivity contribution in [1.29, 1.82) is 0 Å². The molecule has 0 aromatic heterocycles. The van der Waals surface area contributed by atoms with Crippen molar-refractivity contribution in [2.24, 2.45) is 0 Å². The average Bonchev–Trinajstić information content (AvgIpc) is 2.78. The van der Waals surface area contributed by atoms with Gasteiger partial charge in [-0.3, -0.25) is 9.59 Å². The molecule has 1 unspecified atom stereocenters. The van der Waals surface area contributed by atoms with E-state index in [1.54, 1.807) is 23.1 Å². The molecule has 0 saturated carbocycles. The Kier molecular flexibility index (Phi) is 8.26. The van der Waals surface area contributed by atoms with Crippen LogP contribution in [-0.4, -0.2) is 74.2 Å². The Morgan fingerprint density at radius 3 is 2.71 bits per heavy atom. The Balaban J connectivity index is 1.71. The summed E-state index contributed by atoms with van der Waals surface area (Å²) in [5, 5.41) is 0.678. The Labute approximate surface area is 190 Å². The molecule has 2 amide bonds. The average molecular weight is 469 g/mol. The first-order valence-corrected chi connectivity index (χ1v) is 10.5. The molecule has 1 atom stereocenters. The highest BCUT2D eigenvalue weighted by Gasteiger charge is 2.29. The van der Waals surface area contributed by atoms with Crippen LogP contribution in [0.1, 0.15) is 20.7 Å². The molecule has 2 aromatic carbocycles. The summed E-state index contributed by atoms with van der Waals surface area (Å²) in [6, 6.07) is 10.6. The van der Waals surface area contributed by atoms with Crippen LogP contribution in [0.4, 0.5) is 4.39 Å². The zero-order valence-electron chi connectivity index (χ0n) is 17.0. The molecule has 31 heavy (non-hydrogen) atoms. The molecular formula is C22H23Cl2FN2O4. The zero-order chi connectivity index (χ0) is 22.4. The van der Waals surface area contributed by atoms with Crippen molar-refractivity contribution in [3.05, 3.63) is 69.5 Å². The third-order valence-electron chi connectivity index (χ3n) is 4.97. The summed E-state index contributed by atoms with van der Waals surface area (Å²) in [5.41, 5.74) is 0.409. The molecule has 3 rings (SSSR count). The lowest BCUT2D eigenvalue weighted by molar-refractivity contribution is -0.0347. The van der Waals surface area contributed by atoms with Crippen molar-refractivity contribution in [2.75, 3.05) is 46.5 Å². The van der Waals surface area contributed by atoms with Crippen molar-refractivity contribution in [2.45, 2.75) is 6.10 Å². The van der Waals surface area contributed by atoms with Gasteiger partial charge in [-0.1, -0.05) is 35.3 Å². The van der Waals surface area contributed by atoms with E-state index in [4.69, 9.17) is 32.7 Å². The van der Waals surface area contributed by atoms with Crippen LogP contribution in [0.2, 0.25) is 10.0 Å². The number of carbonyl (C=O) groups is 2. The van der Waals surface area contributed by atoms with Gasteiger partial charge in [0.25, 0.3) is 11.8 Å². The number of methoxy groups -OCH3 is 1. The van der Waals surface area contributed by atoms with E-state index in [1.807, 2.05) is 0 Å². The maximum Gasteiger partial charge on any atom is 0.256 e. The van der Waals surface area contributed by atoms with Gasteiger partial charge in [-0.25, -0.2) is 4.39 Å².